The van der Waals surface area contributed by atoms with Crippen LogP contribution in [0.25, 0.3) is 0 Å². The van der Waals surface area contributed by atoms with Crippen molar-refractivity contribution in [1.82, 2.24) is 0 Å². The molecule has 0 amide bonds. The summed E-state index contributed by atoms with van der Waals surface area (Å²) in [6.07, 6.45) is 3.04. The number of hydrogen-bond acceptors (Lipinski definition) is 17. The zero-order chi connectivity index (χ0) is 71.2. The predicted octanol–water partition coefficient (Wildman–Crippen LogP) is 4.13. The van der Waals surface area contributed by atoms with Gasteiger partial charge in [-0.15, -0.1) is 0 Å². The van der Waals surface area contributed by atoms with Gasteiger partial charge in [-0.3, -0.25) is 14.1 Å². The summed E-state index contributed by atoms with van der Waals surface area (Å²) in [6.45, 7) is 1.42. The summed E-state index contributed by atoms with van der Waals surface area (Å²) in [5, 5.41) is 0. The fraction of sp³-hybridized carbons (Fsp3) is 0.345. The SMILES string of the molecule is Fc1cc(F)cc([S+](c2ccccc2)c2cc(F)cc(F)c2)c1.Fc1cc(F)cc([S+](c2ccccc2)c2cc(F)cc(F)c2)c1.O=C(CS(=O)(=O)[O-])OC1C2CC3COC1C3C2.O=C(CS(=O)(=O)[O-])OC1C2CC3COC1C3C2.O=S(=O)(O)C(F)(F)F.O=S(=O)([O-])C(F)(F)F.[Na+].[Na+]. The quantitative estimate of drug-likeness (QED) is 0.0450. The molecule has 2 aliphatic heterocycles. The number of alkyl halides is 6. The van der Waals surface area contributed by atoms with Gasteiger partial charge in [0.2, 0.25) is 0 Å². The van der Waals surface area contributed by atoms with E-state index in [-0.39, 0.29) is 95.4 Å². The largest absolute Gasteiger partial charge is 1.00 e. The van der Waals surface area contributed by atoms with E-state index in [1.807, 2.05) is 0 Å². The Balaban J connectivity index is 0.000000220. The van der Waals surface area contributed by atoms with Crippen molar-refractivity contribution < 1.29 is 201 Å². The third kappa shape index (κ3) is 23.8. The first-order valence-electron chi connectivity index (χ1n) is 27.4. The molecule has 10 unspecified atom stereocenters. The molecule has 2 heterocycles. The van der Waals surface area contributed by atoms with Crippen LogP contribution >= 0.6 is 0 Å². The Labute approximate surface area is 600 Å². The van der Waals surface area contributed by atoms with Crippen LogP contribution in [0.5, 0.6) is 0 Å². The van der Waals surface area contributed by atoms with Crippen molar-refractivity contribution in [3.05, 3.63) is 180 Å². The Hall–Kier alpha value is -4.46. The number of ether oxygens (including phenoxy) is 4. The Bertz CT molecular complexity index is 3780. The van der Waals surface area contributed by atoms with Gasteiger partial charge in [0.1, 0.15) is 90.5 Å². The normalized spacial score (nSPS) is 22.4. The zero-order valence-electron chi connectivity index (χ0n) is 50.3. The van der Waals surface area contributed by atoms with E-state index >= 15 is 0 Å². The van der Waals surface area contributed by atoms with Gasteiger partial charge in [-0.25, -0.2) is 60.4 Å². The monoisotopic (exact) mass is 1540 g/mol. The molecule has 4 saturated carbocycles. The molecule has 2 saturated heterocycles. The minimum Gasteiger partial charge on any atom is -0.748 e. The molecule has 4 aliphatic carbocycles. The number of benzene rings is 6. The second-order valence-electron chi connectivity index (χ2n) is 21.7. The third-order valence-electron chi connectivity index (χ3n) is 14.9. The second kappa shape index (κ2) is 34.7. The Morgan fingerprint density at radius 2 is 0.673 bits per heavy atom. The van der Waals surface area contributed by atoms with Gasteiger partial charge in [-0.1, -0.05) is 36.4 Å². The van der Waals surface area contributed by atoms with Crippen LogP contribution in [0.1, 0.15) is 25.7 Å². The van der Waals surface area contributed by atoms with Crippen LogP contribution in [0.4, 0.5) is 61.5 Å². The van der Waals surface area contributed by atoms with Crippen LogP contribution in [0.3, 0.4) is 0 Å². The molecule has 12 rings (SSSR count). The van der Waals surface area contributed by atoms with Crippen molar-refractivity contribution in [3.8, 4) is 0 Å². The molecule has 6 aromatic rings. The average molecular weight is 1540 g/mol. The summed E-state index contributed by atoms with van der Waals surface area (Å²) in [4.78, 5) is 25.3. The molecule has 524 valence electrons. The average Bonchev–Trinajstić information content (AvgIpc) is 1.58. The number of esters is 2. The van der Waals surface area contributed by atoms with Crippen molar-refractivity contribution in [2.75, 3.05) is 24.7 Å². The van der Waals surface area contributed by atoms with E-state index in [9.17, 15) is 97.0 Å². The van der Waals surface area contributed by atoms with E-state index in [4.69, 9.17) is 44.9 Å². The van der Waals surface area contributed by atoms with E-state index in [0.717, 1.165) is 49.9 Å². The summed E-state index contributed by atoms with van der Waals surface area (Å²) in [5.41, 5.74) is -11.2. The molecule has 6 fully saturated rings. The van der Waals surface area contributed by atoms with E-state index in [1.54, 1.807) is 60.7 Å². The maximum Gasteiger partial charge on any atom is 1.00 e. The zero-order valence-corrected chi connectivity index (χ0v) is 59.2. The van der Waals surface area contributed by atoms with Crippen LogP contribution in [0.15, 0.2) is 163 Å². The van der Waals surface area contributed by atoms with Gasteiger partial charge in [0, 0.05) is 72.8 Å². The minimum atomic E-state index is -6.09. The van der Waals surface area contributed by atoms with Crippen molar-refractivity contribution in [2.24, 2.45) is 35.5 Å². The Kier molecular flexibility index (Phi) is 29.8. The summed E-state index contributed by atoms with van der Waals surface area (Å²) >= 11 is 0. The maximum atomic E-state index is 13.6. The summed E-state index contributed by atoms with van der Waals surface area (Å²) in [7, 11) is -23.1. The molecule has 1 N–H and O–H groups in total. The molecule has 4 bridgehead atoms. The number of carbonyl (C=O) groups is 2. The molecule has 0 aromatic heterocycles. The predicted molar refractivity (Wildman–Crippen MR) is 304 cm³/mol. The first-order valence-corrected chi connectivity index (χ1v) is 35.9. The van der Waals surface area contributed by atoms with Gasteiger partial charge in [-0.05, 0) is 85.5 Å². The summed E-state index contributed by atoms with van der Waals surface area (Å²) in [6, 6.07) is 30.2. The number of halogens is 14. The molecular formula is C58H49F14Na2O18S6+. The molecule has 10 atom stereocenters. The van der Waals surface area contributed by atoms with Crippen LogP contribution < -0.4 is 59.1 Å². The number of hydrogen-bond donors (Lipinski definition) is 1. The van der Waals surface area contributed by atoms with Gasteiger partial charge < -0.3 is 32.6 Å². The molecule has 0 spiro atoms. The van der Waals surface area contributed by atoms with Crippen LogP contribution in [-0.4, -0.2) is 124 Å². The Morgan fingerprint density at radius 1 is 0.429 bits per heavy atom. The third-order valence-corrected chi connectivity index (χ3v) is 21.6. The van der Waals surface area contributed by atoms with E-state index in [0.29, 0.717) is 66.3 Å². The Morgan fingerprint density at radius 3 is 0.888 bits per heavy atom. The second-order valence-corrected chi connectivity index (χ2v) is 31.3. The van der Waals surface area contributed by atoms with Crippen molar-refractivity contribution in [2.45, 2.75) is 90.5 Å². The van der Waals surface area contributed by atoms with E-state index in [2.05, 4.69) is 0 Å². The number of fused-ring (bicyclic) bond motifs is 2. The van der Waals surface area contributed by atoms with Gasteiger partial charge >= 0.3 is 92.2 Å². The molecule has 98 heavy (non-hydrogen) atoms. The topological polar surface area (TPSA) is 297 Å². The maximum absolute atomic E-state index is 13.6. The molecule has 0 radical (unpaired) electrons. The first-order chi connectivity index (χ1) is 44.4. The smallest absolute Gasteiger partial charge is 0.748 e. The van der Waals surface area contributed by atoms with Gasteiger partial charge in [0.05, 0.1) is 47.2 Å². The van der Waals surface area contributed by atoms with Crippen LogP contribution in [0.2, 0.25) is 0 Å². The van der Waals surface area contributed by atoms with Gasteiger partial charge in [0.25, 0.3) is 0 Å². The van der Waals surface area contributed by atoms with Crippen LogP contribution in [-0.2, 0) is 90.8 Å². The molecular weight excluding hydrogens is 1490 g/mol. The van der Waals surface area contributed by atoms with Crippen molar-refractivity contribution in [1.29, 1.82) is 0 Å². The molecule has 40 heteroatoms. The van der Waals surface area contributed by atoms with E-state index in [1.165, 1.54) is 48.5 Å². The number of rotatable bonds is 12. The first kappa shape index (κ1) is 84.2. The fourth-order valence-corrected chi connectivity index (χ4v) is 16.6. The van der Waals surface area contributed by atoms with E-state index < -0.39 is 143 Å². The molecule has 6 aliphatic rings. The minimum absolute atomic E-state index is 0. The number of carbonyl (C=O) groups excluding carboxylic acids is 2. The van der Waals surface area contributed by atoms with Gasteiger partial charge in [0.15, 0.2) is 39.5 Å². The molecule has 6 aromatic carbocycles. The standard InChI is InChI=1S/2C18H11F4S.2C10H14O6S.2CHF3O3S.2Na/c2*19-12-6-13(20)9-17(8-12)23(16-4-2-1-3-5-16)18-10-14(21)7-15(22)11-18;2*11-8(4-17(12,13)14)16-9-5-1-6-3-15-10(9)7(6)2-5;2*2-1(3,4)8(5,6)7;;/h2*1-11H;2*5-7,9-10H,1-4H2,(H,12,13,14);2*(H,5,6,7);;/q2*+1;;;;;2*+1/p-3. The fourth-order valence-electron chi connectivity index (χ4n) is 11.6. The van der Waals surface area contributed by atoms with Crippen LogP contribution in [0, 0.1) is 82.0 Å². The van der Waals surface area contributed by atoms with Gasteiger partial charge in [-0.2, -0.15) is 34.8 Å². The summed E-state index contributed by atoms with van der Waals surface area (Å²) in [5.74, 6) is -7.35. The van der Waals surface area contributed by atoms with Crippen molar-refractivity contribution >= 4 is 74.2 Å². The molecule has 18 nitrogen and oxygen atoms in total. The summed E-state index contributed by atoms with van der Waals surface area (Å²) < 4.78 is 309. The van der Waals surface area contributed by atoms with Crippen molar-refractivity contribution in [3.63, 3.8) is 0 Å².